The Kier molecular flexibility index (Phi) is 19.8. The molecule has 4 aromatic carbocycles. The number of nitrogen functional groups attached to an aromatic ring is 1. The number of ether oxygens (including phenoxy) is 3. The van der Waals surface area contributed by atoms with Gasteiger partial charge in [-0.25, -0.2) is 14.4 Å². The van der Waals surface area contributed by atoms with Gasteiger partial charge in [0.25, 0.3) is 0 Å². The lowest BCUT2D eigenvalue weighted by Crippen LogP contribution is -2.42. The number of azide groups is 2. The number of carbonyl (C=O) groups excluding carboxylic acids is 4. The summed E-state index contributed by atoms with van der Waals surface area (Å²) in [7, 11) is 2.47. The van der Waals surface area contributed by atoms with E-state index in [0.29, 0.717) is 30.6 Å². The van der Waals surface area contributed by atoms with Crippen LogP contribution in [0.15, 0.2) is 100 Å². The van der Waals surface area contributed by atoms with Crippen molar-refractivity contribution >= 4 is 53.3 Å². The molecule has 0 bridgehead atoms. The van der Waals surface area contributed by atoms with Gasteiger partial charge in [-0.2, -0.15) is 0 Å². The van der Waals surface area contributed by atoms with Crippen LogP contribution in [0.1, 0.15) is 125 Å². The van der Waals surface area contributed by atoms with Crippen LogP contribution in [0, 0.1) is 0 Å². The van der Waals surface area contributed by atoms with Crippen molar-refractivity contribution in [3.8, 4) is 0 Å². The van der Waals surface area contributed by atoms with E-state index in [1.54, 1.807) is 23.2 Å². The van der Waals surface area contributed by atoms with Gasteiger partial charge in [0, 0.05) is 51.9 Å². The number of amides is 1. The summed E-state index contributed by atoms with van der Waals surface area (Å²) in [6.45, 7) is 6.92. The molecule has 1 atom stereocenters. The lowest BCUT2D eigenvalue weighted by Gasteiger charge is -2.34. The summed E-state index contributed by atoms with van der Waals surface area (Å²) >= 11 is 0. The Morgan fingerprint density at radius 1 is 0.730 bits per heavy atom. The number of benzene rings is 4. The zero-order chi connectivity index (χ0) is 45.1. The summed E-state index contributed by atoms with van der Waals surface area (Å²) in [4.78, 5) is 57.9. The minimum atomic E-state index is -0.652. The zero-order valence-corrected chi connectivity index (χ0v) is 36.3. The molecule has 1 saturated carbocycles. The fourth-order valence-electron chi connectivity index (χ4n) is 7.11. The Bertz CT molecular complexity index is 2290. The van der Waals surface area contributed by atoms with Gasteiger partial charge in [-0.15, -0.1) is 0 Å². The fraction of sp³-hybridized carbons (Fsp3) is 0.370. The number of hydrogen-bond donors (Lipinski definition) is 1. The Balaban J connectivity index is 0.000000298. The maximum Gasteiger partial charge on any atom is 0.410 e. The van der Waals surface area contributed by atoms with Crippen LogP contribution >= 0.6 is 0 Å². The van der Waals surface area contributed by atoms with Gasteiger partial charge in [-0.1, -0.05) is 78.0 Å². The van der Waals surface area contributed by atoms with Crippen LogP contribution in [0.25, 0.3) is 20.9 Å². The maximum absolute atomic E-state index is 12.4. The molecule has 1 amide bonds. The topological polar surface area (TPSA) is 267 Å². The minimum absolute atomic E-state index is 0. The van der Waals surface area contributed by atoms with E-state index in [-0.39, 0.29) is 45.6 Å². The summed E-state index contributed by atoms with van der Waals surface area (Å²) in [5, 5.41) is 6.95. The van der Waals surface area contributed by atoms with Gasteiger partial charge >= 0.3 is 18.0 Å². The normalized spacial score (nSPS) is 14.7. The zero-order valence-electron chi connectivity index (χ0n) is 36.3. The number of rotatable bonds is 9. The lowest BCUT2D eigenvalue weighted by molar-refractivity contribution is 0.0197. The molecule has 1 aliphatic carbocycles. The first-order valence-electron chi connectivity index (χ1n) is 20.3. The Hall–Kier alpha value is -7.19. The minimum Gasteiger partial charge on any atom is -0.465 e. The molecule has 332 valence electrons. The molecule has 0 unspecified atom stereocenters. The van der Waals surface area contributed by atoms with E-state index in [1.807, 2.05) is 57.2 Å². The molecular formula is C46H55N9O8. The fourth-order valence-corrected chi connectivity index (χ4v) is 7.11. The second kappa shape index (κ2) is 24.9. The quantitative estimate of drug-likeness (QED) is 0.0246. The van der Waals surface area contributed by atoms with Crippen molar-refractivity contribution < 1.29 is 38.9 Å². The van der Waals surface area contributed by atoms with E-state index < -0.39 is 17.5 Å². The summed E-state index contributed by atoms with van der Waals surface area (Å²) in [6.07, 6.45) is 10.7. The third-order valence-corrected chi connectivity index (χ3v) is 10.2. The molecular weight excluding hydrogens is 807 g/mol. The first kappa shape index (κ1) is 50.2. The summed E-state index contributed by atoms with van der Waals surface area (Å²) in [6, 6.07) is 25.5. The van der Waals surface area contributed by atoms with E-state index in [0.717, 1.165) is 30.0 Å². The highest BCUT2D eigenvalue weighted by atomic mass is 16.6. The lowest BCUT2D eigenvalue weighted by atomic mass is 9.84. The van der Waals surface area contributed by atoms with Crippen LogP contribution in [0.5, 0.6) is 0 Å². The molecule has 17 heteroatoms. The number of carbonyl (C=O) groups is 4. The standard InChI is InChI=1S/C25H29N5O4.C12H17N.C9H7N3O3.H2O/c1-25(2,3)34-24(32)30-14-6-8-19(16-30)17-10-12-20(13-11-17)27-15-18-7-5-9-21(23(31)33-4)22(18)28-29-26;13-12-8-6-11(7-9-12)10-4-2-1-3-5-10;1-15-9(14)7-4-2-3-6(5-13)8(7)11-12-10;/h5,7,9-13,15,19H,6,8,14,16H2,1-4H3;6-10H,1-5,13H2;2-5H,1H3;1H2/t19-;;;/m1.../s1. The van der Waals surface area contributed by atoms with Crippen LogP contribution in [-0.4, -0.2) is 73.8 Å². The van der Waals surface area contributed by atoms with Crippen molar-refractivity contribution in [3.63, 3.8) is 0 Å². The Morgan fingerprint density at radius 3 is 1.76 bits per heavy atom. The first-order valence-corrected chi connectivity index (χ1v) is 20.3. The van der Waals surface area contributed by atoms with Gasteiger partial charge in [0.15, 0.2) is 6.29 Å². The first-order chi connectivity index (χ1) is 29.8. The molecule has 2 fully saturated rings. The Morgan fingerprint density at radius 2 is 1.24 bits per heavy atom. The molecule has 4 aromatic rings. The molecule has 1 heterocycles. The largest absolute Gasteiger partial charge is 0.465 e. The van der Waals surface area contributed by atoms with Crippen molar-refractivity contribution in [2.24, 2.45) is 15.2 Å². The SMILES string of the molecule is COC(=O)c1cccc(C=Nc2ccc([C@@H]3CCCN(C(=O)OC(C)(C)C)C3)cc2)c1N=[N+]=[N-].COC(=O)c1cccc(C=O)c1N=[N+]=[N-].Nc1ccc(C2CCCCC2)cc1.O. The smallest absolute Gasteiger partial charge is 0.410 e. The summed E-state index contributed by atoms with van der Waals surface area (Å²) in [5.74, 6) is -0.210. The Labute approximate surface area is 366 Å². The van der Waals surface area contributed by atoms with Crippen LogP contribution < -0.4 is 5.73 Å². The summed E-state index contributed by atoms with van der Waals surface area (Å²) in [5.41, 5.74) is 27.6. The van der Waals surface area contributed by atoms with E-state index >= 15 is 0 Å². The van der Waals surface area contributed by atoms with E-state index in [1.165, 1.54) is 76.2 Å². The third-order valence-electron chi connectivity index (χ3n) is 10.2. The second-order valence-electron chi connectivity index (χ2n) is 15.6. The number of nitrogens with two attached hydrogens (primary N) is 1. The van der Waals surface area contributed by atoms with Gasteiger partial charge in [0.2, 0.25) is 0 Å². The third kappa shape index (κ3) is 15.0. The molecule has 1 saturated heterocycles. The predicted molar refractivity (Wildman–Crippen MR) is 242 cm³/mol. The molecule has 0 radical (unpaired) electrons. The number of nitrogens with zero attached hydrogens (tertiary/aromatic N) is 8. The molecule has 63 heavy (non-hydrogen) atoms. The van der Waals surface area contributed by atoms with Crippen molar-refractivity contribution in [3.05, 3.63) is 139 Å². The second-order valence-corrected chi connectivity index (χ2v) is 15.6. The molecule has 17 nitrogen and oxygen atoms in total. The molecule has 2 aliphatic rings. The highest BCUT2D eigenvalue weighted by Crippen LogP contribution is 2.33. The van der Waals surface area contributed by atoms with Crippen LogP contribution in [-0.2, 0) is 14.2 Å². The van der Waals surface area contributed by atoms with Crippen LogP contribution in [0.3, 0.4) is 0 Å². The number of likely N-dealkylation sites (tertiary alicyclic amines) is 1. The number of aldehydes is 1. The number of anilines is 1. The molecule has 6 rings (SSSR count). The average Bonchev–Trinajstić information content (AvgIpc) is 3.29. The van der Waals surface area contributed by atoms with Gasteiger partial charge in [-0.3, -0.25) is 9.79 Å². The maximum atomic E-state index is 12.4. The monoisotopic (exact) mass is 861 g/mol. The van der Waals surface area contributed by atoms with E-state index in [4.69, 9.17) is 26.3 Å². The van der Waals surface area contributed by atoms with Gasteiger partial charge in [-0.05, 0) is 111 Å². The van der Waals surface area contributed by atoms with Crippen LogP contribution in [0.4, 0.5) is 27.5 Å². The van der Waals surface area contributed by atoms with E-state index in [9.17, 15) is 19.2 Å². The van der Waals surface area contributed by atoms with Crippen molar-refractivity contribution in [1.82, 2.24) is 4.90 Å². The number of aliphatic imine (C=N–C) groups is 1. The van der Waals surface area contributed by atoms with Crippen molar-refractivity contribution in [1.29, 1.82) is 0 Å². The van der Waals surface area contributed by atoms with Gasteiger partial charge in [0.1, 0.15) is 5.60 Å². The van der Waals surface area contributed by atoms with Gasteiger partial charge in [0.05, 0.1) is 42.4 Å². The highest BCUT2D eigenvalue weighted by molar-refractivity contribution is 6.01. The summed E-state index contributed by atoms with van der Waals surface area (Å²) < 4.78 is 14.8. The van der Waals surface area contributed by atoms with Crippen LogP contribution in [0.2, 0.25) is 0 Å². The number of piperidine rings is 1. The number of methoxy groups -OCH3 is 2. The number of hydrogen-bond acceptors (Lipinski definition) is 11. The molecule has 0 spiro atoms. The van der Waals surface area contributed by atoms with E-state index in [2.05, 4.69) is 41.9 Å². The predicted octanol–water partition coefficient (Wildman–Crippen LogP) is 11.0. The highest BCUT2D eigenvalue weighted by Gasteiger charge is 2.28. The van der Waals surface area contributed by atoms with Crippen molar-refractivity contribution in [2.45, 2.75) is 83.2 Å². The molecule has 4 N–H and O–H groups in total. The van der Waals surface area contributed by atoms with Crippen molar-refractivity contribution in [2.75, 3.05) is 33.0 Å². The molecule has 1 aliphatic heterocycles. The van der Waals surface area contributed by atoms with Gasteiger partial charge < -0.3 is 30.3 Å². The molecule has 0 aromatic heterocycles. The average molecular weight is 862 g/mol. The number of esters is 2.